The van der Waals surface area contributed by atoms with Gasteiger partial charge in [-0.25, -0.2) is 0 Å². The summed E-state index contributed by atoms with van der Waals surface area (Å²) in [6, 6.07) is 8.98. The predicted octanol–water partition coefficient (Wildman–Crippen LogP) is 3.05. The molecule has 0 bridgehead atoms. The number of nitrogens with zero attached hydrogens (tertiary/aromatic N) is 1. The Morgan fingerprint density at radius 1 is 1.26 bits per heavy atom. The fourth-order valence-corrected chi connectivity index (χ4v) is 4.33. The summed E-state index contributed by atoms with van der Waals surface area (Å²) in [5, 5.41) is 3.28. The molecule has 0 radical (unpaired) electrons. The second-order valence-corrected chi connectivity index (χ2v) is 7.80. The fourth-order valence-electron chi connectivity index (χ4n) is 3.89. The van der Waals surface area contributed by atoms with Gasteiger partial charge < -0.3 is 10.2 Å². The lowest BCUT2D eigenvalue weighted by Crippen LogP contribution is -2.45. The quantitative estimate of drug-likeness (QED) is 0.869. The van der Waals surface area contributed by atoms with Crippen molar-refractivity contribution in [3.05, 3.63) is 35.4 Å². The topological polar surface area (TPSA) is 32.3 Å². The number of aryl methyl sites for hydroxylation is 1. The predicted molar refractivity (Wildman–Crippen MR) is 98.1 cm³/mol. The van der Waals surface area contributed by atoms with Crippen LogP contribution in [0.15, 0.2) is 24.3 Å². The first-order valence-corrected chi connectivity index (χ1v) is 10.2. The molecular weight excluding hydrogens is 304 g/mol. The average Bonchev–Trinajstić information content (AvgIpc) is 2.97. The summed E-state index contributed by atoms with van der Waals surface area (Å²) >= 11 is 1.91. The van der Waals surface area contributed by atoms with Crippen LogP contribution in [0, 0.1) is 0 Å². The van der Waals surface area contributed by atoms with Crippen molar-refractivity contribution >= 4 is 17.7 Å². The molecule has 1 atom stereocenters. The van der Waals surface area contributed by atoms with Gasteiger partial charge in [0.05, 0.1) is 0 Å². The number of hydrogen-bond acceptors (Lipinski definition) is 3. The van der Waals surface area contributed by atoms with Crippen LogP contribution < -0.4 is 5.32 Å². The van der Waals surface area contributed by atoms with Gasteiger partial charge in [-0.05, 0) is 49.0 Å². The molecule has 1 aromatic rings. The standard InChI is InChI=1S/C19H28N2OS/c1-23-13-12-21-10-8-17(9-11-21)20-19(22)14-16-7-6-15-4-2-3-5-18(15)16/h2-5,16-17H,6-14H2,1H3,(H,20,22)/t16-/m1/s1. The molecule has 0 spiro atoms. The Kier molecular flexibility index (Phi) is 6.01. The molecule has 1 fully saturated rings. The molecule has 0 aromatic heterocycles. The van der Waals surface area contributed by atoms with E-state index in [0.29, 0.717) is 18.4 Å². The fraction of sp³-hybridized carbons (Fsp3) is 0.632. The van der Waals surface area contributed by atoms with Gasteiger partial charge >= 0.3 is 0 Å². The maximum absolute atomic E-state index is 12.4. The summed E-state index contributed by atoms with van der Waals surface area (Å²) in [4.78, 5) is 14.9. The van der Waals surface area contributed by atoms with Gasteiger partial charge in [-0.2, -0.15) is 11.8 Å². The van der Waals surface area contributed by atoms with Gasteiger partial charge in [-0.1, -0.05) is 24.3 Å². The molecule has 3 nitrogen and oxygen atoms in total. The summed E-state index contributed by atoms with van der Waals surface area (Å²) in [5.74, 6) is 1.88. The number of amides is 1. The van der Waals surface area contributed by atoms with Crippen LogP contribution in [0.4, 0.5) is 0 Å². The van der Waals surface area contributed by atoms with Gasteiger partial charge in [-0.3, -0.25) is 4.79 Å². The minimum Gasteiger partial charge on any atom is -0.353 e. The van der Waals surface area contributed by atoms with E-state index >= 15 is 0 Å². The van der Waals surface area contributed by atoms with Crippen molar-refractivity contribution in [1.82, 2.24) is 10.2 Å². The highest BCUT2D eigenvalue weighted by molar-refractivity contribution is 7.98. The first-order chi connectivity index (χ1) is 11.3. The summed E-state index contributed by atoms with van der Waals surface area (Å²) in [5.41, 5.74) is 2.84. The molecule has 1 aliphatic heterocycles. The van der Waals surface area contributed by atoms with E-state index in [2.05, 4.69) is 40.7 Å². The minimum atomic E-state index is 0.245. The van der Waals surface area contributed by atoms with Crippen LogP contribution in [0.25, 0.3) is 0 Å². The number of likely N-dealkylation sites (tertiary alicyclic amines) is 1. The Hall–Kier alpha value is -1.00. The summed E-state index contributed by atoms with van der Waals surface area (Å²) in [7, 11) is 0. The Labute approximate surface area is 144 Å². The van der Waals surface area contributed by atoms with Gasteiger partial charge in [0.2, 0.25) is 5.91 Å². The van der Waals surface area contributed by atoms with Crippen LogP contribution in [0.2, 0.25) is 0 Å². The zero-order valence-electron chi connectivity index (χ0n) is 14.1. The molecular formula is C19H28N2OS. The van der Waals surface area contributed by atoms with E-state index in [1.165, 1.54) is 23.4 Å². The van der Waals surface area contributed by atoms with E-state index in [-0.39, 0.29) is 5.91 Å². The maximum Gasteiger partial charge on any atom is 0.220 e. The number of carbonyl (C=O) groups is 1. The van der Waals surface area contributed by atoms with Crippen molar-refractivity contribution in [2.45, 2.75) is 44.1 Å². The van der Waals surface area contributed by atoms with Crippen molar-refractivity contribution in [1.29, 1.82) is 0 Å². The van der Waals surface area contributed by atoms with E-state index in [4.69, 9.17) is 0 Å². The zero-order chi connectivity index (χ0) is 16.1. The number of fused-ring (bicyclic) bond motifs is 1. The van der Waals surface area contributed by atoms with Gasteiger partial charge in [0.1, 0.15) is 0 Å². The zero-order valence-corrected chi connectivity index (χ0v) is 14.9. The Balaban J connectivity index is 1.43. The molecule has 1 heterocycles. The second-order valence-electron chi connectivity index (χ2n) is 6.81. The first kappa shape index (κ1) is 16.8. The van der Waals surface area contributed by atoms with Crippen LogP contribution in [-0.2, 0) is 11.2 Å². The van der Waals surface area contributed by atoms with Gasteiger partial charge in [0.25, 0.3) is 0 Å². The van der Waals surface area contributed by atoms with Crippen LogP contribution in [0.5, 0.6) is 0 Å². The van der Waals surface area contributed by atoms with Crippen LogP contribution in [0.3, 0.4) is 0 Å². The molecule has 0 saturated carbocycles. The Morgan fingerprint density at radius 3 is 2.83 bits per heavy atom. The Morgan fingerprint density at radius 2 is 2.04 bits per heavy atom. The van der Waals surface area contributed by atoms with Crippen LogP contribution in [-0.4, -0.2) is 48.5 Å². The molecule has 1 aliphatic carbocycles. The van der Waals surface area contributed by atoms with Crippen molar-refractivity contribution in [2.24, 2.45) is 0 Å². The summed E-state index contributed by atoms with van der Waals surface area (Å²) in [6.07, 6.45) is 7.27. The average molecular weight is 333 g/mol. The van der Waals surface area contributed by atoms with Crippen molar-refractivity contribution in [3.63, 3.8) is 0 Å². The molecule has 1 amide bonds. The number of thioether (sulfide) groups is 1. The highest BCUT2D eigenvalue weighted by Crippen LogP contribution is 2.35. The van der Waals surface area contributed by atoms with Crippen molar-refractivity contribution in [3.8, 4) is 0 Å². The number of rotatable bonds is 6. The minimum absolute atomic E-state index is 0.245. The Bertz CT molecular complexity index is 526. The normalized spacial score (nSPS) is 22.0. The number of hydrogen-bond donors (Lipinski definition) is 1. The molecule has 1 N–H and O–H groups in total. The smallest absolute Gasteiger partial charge is 0.220 e. The summed E-state index contributed by atoms with van der Waals surface area (Å²) < 4.78 is 0. The lowest BCUT2D eigenvalue weighted by Gasteiger charge is -2.32. The first-order valence-electron chi connectivity index (χ1n) is 8.84. The number of carbonyl (C=O) groups excluding carboxylic acids is 1. The monoisotopic (exact) mass is 332 g/mol. The number of benzene rings is 1. The molecule has 1 saturated heterocycles. The third-order valence-electron chi connectivity index (χ3n) is 5.25. The molecule has 2 aliphatic rings. The van der Waals surface area contributed by atoms with E-state index in [1.807, 2.05) is 11.8 Å². The van der Waals surface area contributed by atoms with Crippen LogP contribution in [0.1, 0.15) is 42.7 Å². The molecule has 1 aromatic carbocycles. The largest absolute Gasteiger partial charge is 0.353 e. The highest BCUT2D eigenvalue weighted by Gasteiger charge is 2.26. The second kappa shape index (κ2) is 8.20. The third kappa shape index (κ3) is 4.51. The van der Waals surface area contributed by atoms with Crippen molar-refractivity contribution in [2.75, 3.05) is 31.6 Å². The van der Waals surface area contributed by atoms with Gasteiger partial charge in [-0.15, -0.1) is 0 Å². The molecule has 23 heavy (non-hydrogen) atoms. The van der Waals surface area contributed by atoms with Crippen molar-refractivity contribution < 1.29 is 4.79 Å². The van der Waals surface area contributed by atoms with Gasteiger partial charge in [0, 0.05) is 37.8 Å². The maximum atomic E-state index is 12.4. The van der Waals surface area contributed by atoms with E-state index in [9.17, 15) is 4.79 Å². The lowest BCUT2D eigenvalue weighted by atomic mass is 9.97. The number of piperidine rings is 1. The third-order valence-corrected chi connectivity index (χ3v) is 5.84. The van der Waals surface area contributed by atoms with E-state index < -0.39 is 0 Å². The molecule has 4 heteroatoms. The highest BCUT2D eigenvalue weighted by atomic mass is 32.2. The summed E-state index contributed by atoms with van der Waals surface area (Å²) in [6.45, 7) is 3.43. The van der Waals surface area contributed by atoms with E-state index in [1.54, 1.807) is 0 Å². The molecule has 126 valence electrons. The number of nitrogens with one attached hydrogen (secondary N) is 1. The van der Waals surface area contributed by atoms with Gasteiger partial charge in [0.15, 0.2) is 0 Å². The SMILES string of the molecule is CSCCN1CCC(NC(=O)C[C@H]2CCc3ccccc32)CC1. The molecule has 0 unspecified atom stereocenters. The lowest BCUT2D eigenvalue weighted by molar-refractivity contribution is -0.122. The van der Waals surface area contributed by atoms with Crippen LogP contribution >= 0.6 is 11.8 Å². The van der Waals surface area contributed by atoms with E-state index in [0.717, 1.165) is 38.8 Å². The molecule has 3 rings (SSSR count).